The second-order valence-electron chi connectivity index (χ2n) is 5.70. The Hall–Kier alpha value is -0.450. The average molecular weight is 327 g/mol. The van der Waals surface area contributed by atoms with E-state index < -0.39 is 0 Å². The van der Waals surface area contributed by atoms with E-state index in [-0.39, 0.29) is 5.82 Å². The number of hydrogen-bond donors (Lipinski definition) is 1. The van der Waals surface area contributed by atoms with Crippen LogP contribution in [0.1, 0.15) is 31.2 Å². The average Bonchev–Trinajstić information content (AvgIpc) is 3.12. The summed E-state index contributed by atoms with van der Waals surface area (Å²) >= 11 is 3.26. The molecule has 0 aromatic heterocycles. The molecule has 104 valence electrons. The lowest BCUT2D eigenvalue weighted by Crippen LogP contribution is -2.38. The van der Waals surface area contributed by atoms with Gasteiger partial charge in [-0.3, -0.25) is 4.90 Å². The van der Waals surface area contributed by atoms with E-state index in [1.165, 1.54) is 31.2 Å². The summed E-state index contributed by atoms with van der Waals surface area (Å²) in [4.78, 5) is 2.52. The maximum atomic E-state index is 13.2. The van der Waals surface area contributed by atoms with Crippen molar-refractivity contribution >= 4 is 15.9 Å². The molecule has 1 atom stereocenters. The third-order valence-corrected chi connectivity index (χ3v) is 4.70. The predicted octanol–water partition coefficient (Wildman–Crippen LogP) is 3.30. The van der Waals surface area contributed by atoms with Gasteiger partial charge in [0.1, 0.15) is 5.82 Å². The van der Waals surface area contributed by atoms with Crippen LogP contribution in [0.25, 0.3) is 0 Å². The number of halogens is 2. The molecule has 2 aliphatic rings. The molecule has 0 bridgehead atoms. The van der Waals surface area contributed by atoms with Gasteiger partial charge in [-0.1, -0.05) is 6.07 Å². The minimum atomic E-state index is -0.183. The van der Waals surface area contributed by atoms with Crippen molar-refractivity contribution in [1.29, 1.82) is 0 Å². The van der Waals surface area contributed by atoms with Gasteiger partial charge in [0.25, 0.3) is 0 Å². The molecule has 1 aliphatic carbocycles. The van der Waals surface area contributed by atoms with Gasteiger partial charge in [0.15, 0.2) is 0 Å². The summed E-state index contributed by atoms with van der Waals surface area (Å²) in [7, 11) is 0. The first-order valence-corrected chi connectivity index (χ1v) is 7.93. The summed E-state index contributed by atoms with van der Waals surface area (Å²) in [6.07, 6.45) is 5.25. The fourth-order valence-corrected chi connectivity index (χ4v) is 3.22. The molecular weight excluding hydrogens is 307 g/mol. The molecule has 2 fully saturated rings. The van der Waals surface area contributed by atoms with Gasteiger partial charge in [0.2, 0.25) is 0 Å². The summed E-state index contributed by atoms with van der Waals surface area (Å²) in [6, 6.07) is 6.77. The molecule has 3 rings (SSSR count). The molecule has 4 heteroatoms. The van der Waals surface area contributed by atoms with Crippen LogP contribution in [0.4, 0.5) is 4.39 Å². The molecule has 1 saturated heterocycles. The zero-order chi connectivity index (χ0) is 13.2. The molecule has 1 aliphatic heterocycles. The molecule has 1 unspecified atom stereocenters. The topological polar surface area (TPSA) is 15.3 Å². The van der Waals surface area contributed by atoms with Crippen molar-refractivity contribution in [2.24, 2.45) is 0 Å². The normalized spacial score (nSPS) is 24.0. The lowest BCUT2D eigenvalue weighted by atomic mass is 10.1. The van der Waals surface area contributed by atoms with Crippen LogP contribution in [0.5, 0.6) is 0 Å². The third-order valence-electron chi connectivity index (χ3n) is 4.09. The largest absolute Gasteiger partial charge is 0.312 e. The number of nitrogens with one attached hydrogen (secondary N) is 1. The fraction of sp³-hybridized carbons (Fsp3) is 0.600. The van der Waals surface area contributed by atoms with E-state index in [1.54, 1.807) is 6.07 Å². The fourth-order valence-electron chi connectivity index (χ4n) is 2.80. The number of benzene rings is 1. The van der Waals surface area contributed by atoms with E-state index >= 15 is 0 Å². The van der Waals surface area contributed by atoms with Crippen LogP contribution >= 0.6 is 15.9 Å². The molecule has 0 spiro atoms. The second kappa shape index (κ2) is 5.90. The van der Waals surface area contributed by atoms with Gasteiger partial charge in [0.05, 0.1) is 4.47 Å². The Balaban J connectivity index is 1.58. The van der Waals surface area contributed by atoms with Crippen molar-refractivity contribution in [2.75, 3.05) is 13.1 Å². The van der Waals surface area contributed by atoms with Gasteiger partial charge in [-0.15, -0.1) is 0 Å². The van der Waals surface area contributed by atoms with Gasteiger partial charge in [0, 0.05) is 25.2 Å². The quantitative estimate of drug-likeness (QED) is 0.893. The van der Waals surface area contributed by atoms with Crippen molar-refractivity contribution in [3.8, 4) is 0 Å². The molecule has 2 nitrogen and oxygen atoms in total. The number of hydrogen-bond acceptors (Lipinski definition) is 2. The van der Waals surface area contributed by atoms with Crippen LogP contribution in [0, 0.1) is 5.82 Å². The van der Waals surface area contributed by atoms with E-state index in [0.717, 1.165) is 25.7 Å². The van der Waals surface area contributed by atoms with Crippen LogP contribution < -0.4 is 5.32 Å². The summed E-state index contributed by atoms with van der Waals surface area (Å²) < 4.78 is 13.8. The first-order chi connectivity index (χ1) is 9.22. The highest BCUT2D eigenvalue weighted by atomic mass is 79.9. The van der Waals surface area contributed by atoms with Crippen molar-refractivity contribution < 1.29 is 4.39 Å². The zero-order valence-electron chi connectivity index (χ0n) is 11.0. The molecule has 1 N–H and O–H groups in total. The van der Waals surface area contributed by atoms with E-state index in [4.69, 9.17) is 0 Å². The number of rotatable bonds is 5. The Bertz CT molecular complexity index is 448. The van der Waals surface area contributed by atoms with Crippen molar-refractivity contribution in [1.82, 2.24) is 10.2 Å². The van der Waals surface area contributed by atoms with Crippen molar-refractivity contribution in [3.05, 3.63) is 34.1 Å². The Labute approximate surface area is 122 Å². The van der Waals surface area contributed by atoms with Crippen molar-refractivity contribution in [2.45, 2.75) is 44.3 Å². The van der Waals surface area contributed by atoms with Crippen LogP contribution in [-0.4, -0.2) is 30.1 Å². The first kappa shape index (κ1) is 13.5. The van der Waals surface area contributed by atoms with Gasteiger partial charge in [-0.2, -0.15) is 0 Å². The highest BCUT2D eigenvalue weighted by Gasteiger charge is 2.27. The third kappa shape index (κ3) is 3.56. The molecule has 19 heavy (non-hydrogen) atoms. The molecular formula is C15H20BrFN2. The zero-order valence-corrected chi connectivity index (χ0v) is 12.6. The van der Waals surface area contributed by atoms with Gasteiger partial charge < -0.3 is 5.32 Å². The smallest absolute Gasteiger partial charge is 0.137 e. The monoisotopic (exact) mass is 326 g/mol. The molecule has 1 aromatic carbocycles. The minimum Gasteiger partial charge on any atom is -0.312 e. The molecule has 0 amide bonds. The maximum Gasteiger partial charge on any atom is 0.137 e. The molecule has 0 radical (unpaired) electrons. The van der Waals surface area contributed by atoms with Gasteiger partial charge in [-0.25, -0.2) is 4.39 Å². The lowest BCUT2D eigenvalue weighted by Gasteiger charge is -2.25. The molecule has 1 heterocycles. The number of nitrogens with zero attached hydrogens (tertiary/aromatic N) is 1. The van der Waals surface area contributed by atoms with Crippen LogP contribution in [0.2, 0.25) is 0 Å². The minimum absolute atomic E-state index is 0.183. The molecule has 1 aromatic rings. The van der Waals surface area contributed by atoms with Crippen LogP contribution in [0.15, 0.2) is 22.7 Å². The standard InChI is InChI=1S/C15H20BrFN2/c16-14-8-11(3-6-15(14)17)10-19-7-1-2-13(19)9-18-12-4-5-12/h3,6,8,12-13,18H,1-2,4-5,7,9-10H2. The van der Waals surface area contributed by atoms with Crippen LogP contribution in [-0.2, 0) is 6.54 Å². The number of likely N-dealkylation sites (tertiary alicyclic amines) is 1. The summed E-state index contributed by atoms with van der Waals surface area (Å²) in [6.45, 7) is 3.19. The highest BCUT2D eigenvalue weighted by molar-refractivity contribution is 9.10. The summed E-state index contributed by atoms with van der Waals surface area (Å²) in [5, 5.41) is 3.62. The molecule has 1 saturated carbocycles. The van der Waals surface area contributed by atoms with Gasteiger partial charge in [-0.05, 0) is 65.9 Å². The van der Waals surface area contributed by atoms with Gasteiger partial charge >= 0.3 is 0 Å². The summed E-state index contributed by atoms with van der Waals surface area (Å²) in [5.41, 5.74) is 1.19. The Morgan fingerprint density at radius 1 is 1.32 bits per heavy atom. The summed E-state index contributed by atoms with van der Waals surface area (Å²) in [5.74, 6) is -0.183. The van der Waals surface area contributed by atoms with E-state index in [2.05, 4.69) is 26.1 Å². The second-order valence-corrected chi connectivity index (χ2v) is 6.55. The van der Waals surface area contributed by atoms with E-state index in [9.17, 15) is 4.39 Å². The Morgan fingerprint density at radius 3 is 2.89 bits per heavy atom. The maximum absolute atomic E-state index is 13.2. The Morgan fingerprint density at radius 2 is 2.16 bits per heavy atom. The van der Waals surface area contributed by atoms with Crippen LogP contribution in [0.3, 0.4) is 0 Å². The predicted molar refractivity (Wildman–Crippen MR) is 78.6 cm³/mol. The first-order valence-electron chi connectivity index (χ1n) is 7.14. The van der Waals surface area contributed by atoms with E-state index in [1.807, 2.05) is 12.1 Å². The van der Waals surface area contributed by atoms with Crippen molar-refractivity contribution in [3.63, 3.8) is 0 Å². The van der Waals surface area contributed by atoms with E-state index in [0.29, 0.717) is 10.5 Å². The SMILES string of the molecule is Fc1ccc(CN2CCCC2CNC2CC2)cc1Br. The Kier molecular flexibility index (Phi) is 4.20. The lowest BCUT2D eigenvalue weighted by molar-refractivity contribution is 0.238. The highest BCUT2D eigenvalue weighted by Crippen LogP contribution is 2.24.